The van der Waals surface area contributed by atoms with E-state index in [4.69, 9.17) is 15.1 Å². The summed E-state index contributed by atoms with van der Waals surface area (Å²) < 4.78 is 6.18. The number of amides is 1. The molecule has 0 spiro atoms. The molecule has 1 aliphatic rings. The minimum absolute atomic E-state index is 0.0244. The Bertz CT molecular complexity index is 1680. The minimum atomic E-state index is -0.860. The molecule has 4 heterocycles. The van der Waals surface area contributed by atoms with E-state index in [9.17, 15) is 4.79 Å². The van der Waals surface area contributed by atoms with Gasteiger partial charge in [0, 0.05) is 39.2 Å². The fraction of sp³-hybridized carbons (Fsp3) is 0.323. The quantitative estimate of drug-likeness (QED) is 0.228. The van der Waals surface area contributed by atoms with Crippen molar-refractivity contribution in [1.82, 2.24) is 25.1 Å². The minimum Gasteiger partial charge on any atom is -0.419 e. The summed E-state index contributed by atoms with van der Waals surface area (Å²) in [7, 11) is 0. The van der Waals surface area contributed by atoms with Gasteiger partial charge in [0.25, 0.3) is 5.91 Å². The molecule has 0 unspecified atom stereocenters. The molecule has 0 radical (unpaired) electrons. The van der Waals surface area contributed by atoms with Crippen LogP contribution in [0.3, 0.4) is 0 Å². The van der Waals surface area contributed by atoms with Crippen molar-refractivity contribution in [2.24, 2.45) is 5.73 Å². The first-order valence-corrected chi connectivity index (χ1v) is 15.4. The van der Waals surface area contributed by atoms with E-state index in [2.05, 4.69) is 22.1 Å². The molecule has 1 amide bonds. The van der Waals surface area contributed by atoms with Crippen molar-refractivity contribution in [3.05, 3.63) is 92.2 Å². The van der Waals surface area contributed by atoms with Crippen molar-refractivity contribution in [3.63, 3.8) is 0 Å². The highest BCUT2D eigenvalue weighted by molar-refractivity contribution is 7.15. The molecule has 1 saturated heterocycles. The third-order valence-electron chi connectivity index (χ3n) is 7.47. The molecule has 8 nitrogen and oxygen atoms in total. The van der Waals surface area contributed by atoms with Gasteiger partial charge in [-0.15, -0.1) is 32.9 Å². The van der Waals surface area contributed by atoms with Gasteiger partial charge in [-0.2, -0.15) is 0 Å². The van der Waals surface area contributed by atoms with E-state index in [-0.39, 0.29) is 11.9 Å². The van der Waals surface area contributed by atoms with Crippen LogP contribution in [0.15, 0.2) is 58.3 Å². The first-order chi connectivity index (χ1) is 19.7. The lowest BCUT2D eigenvalue weighted by Crippen LogP contribution is -2.35. The van der Waals surface area contributed by atoms with Gasteiger partial charge in [0.2, 0.25) is 11.8 Å². The maximum atomic E-state index is 14.0. The summed E-state index contributed by atoms with van der Waals surface area (Å²) >= 11 is 3.22. The Morgan fingerprint density at radius 1 is 1.10 bits per heavy atom. The number of benzene rings is 2. The van der Waals surface area contributed by atoms with E-state index in [0.29, 0.717) is 35.9 Å². The zero-order valence-corrected chi connectivity index (χ0v) is 25.2. The normalized spacial score (nSPS) is 16.7. The van der Waals surface area contributed by atoms with Crippen LogP contribution in [0.2, 0.25) is 0 Å². The Kier molecular flexibility index (Phi) is 7.31. The van der Waals surface area contributed by atoms with Gasteiger partial charge in [0.1, 0.15) is 10.0 Å². The smallest absolute Gasteiger partial charge is 0.254 e. The van der Waals surface area contributed by atoms with Gasteiger partial charge >= 0.3 is 0 Å². The Hall–Kier alpha value is -3.73. The Labute approximate surface area is 247 Å². The number of aryl methyl sites for hydroxylation is 3. The summed E-state index contributed by atoms with van der Waals surface area (Å²) in [5, 5.41) is 12.6. The second kappa shape index (κ2) is 10.9. The number of carbonyl (C=O) groups is 1. The standard InChI is InChI=1S/C31H32N6O2S2/c1-18-17-40-28(33-18)25-11-8-12-37(25)29(38)24-14-22(13-23(15-24)27-34-19(2)20(3)41-27)26-35-36-30(39-26)31(4,32)16-21-9-6-5-7-10-21/h5-7,9-10,13-15,17,25H,8,11-12,16,32H2,1-4H3/t25-,31+/m1/s1. The van der Waals surface area contributed by atoms with Crippen LogP contribution in [0.25, 0.3) is 22.0 Å². The first-order valence-electron chi connectivity index (χ1n) is 13.7. The Morgan fingerprint density at radius 3 is 2.59 bits per heavy atom. The highest BCUT2D eigenvalue weighted by Crippen LogP contribution is 2.37. The molecule has 5 aromatic rings. The number of hydrogen-bond acceptors (Lipinski definition) is 9. The largest absolute Gasteiger partial charge is 0.419 e. The number of nitrogens with zero attached hydrogens (tertiary/aromatic N) is 5. The van der Waals surface area contributed by atoms with Gasteiger partial charge in [-0.3, -0.25) is 4.79 Å². The average Bonchev–Trinajstić information content (AvgIpc) is 3.76. The van der Waals surface area contributed by atoms with Gasteiger partial charge in [-0.1, -0.05) is 30.3 Å². The van der Waals surface area contributed by atoms with Crippen LogP contribution >= 0.6 is 22.7 Å². The summed E-state index contributed by atoms with van der Waals surface area (Å²) in [6, 6.07) is 15.7. The molecular weight excluding hydrogens is 553 g/mol. The van der Waals surface area contributed by atoms with Crippen LogP contribution < -0.4 is 5.73 Å². The van der Waals surface area contributed by atoms with Crippen molar-refractivity contribution in [2.75, 3.05) is 6.54 Å². The highest BCUT2D eigenvalue weighted by atomic mass is 32.1. The number of nitrogens with two attached hydrogens (primary N) is 1. The van der Waals surface area contributed by atoms with E-state index in [0.717, 1.165) is 50.2 Å². The van der Waals surface area contributed by atoms with E-state index >= 15 is 0 Å². The number of aromatic nitrogens is 4. The number of hydrogen-bond donors (Lipinski definition) is 1. The van der Waals surface area contributed by atoms with Crippen LogP contribution in [0.4, 0.5) is 0 Å². The maximum Gasteiger partial charge on any atom is 0.254 e. The highest BCUT2D eigenvalue weighted by Gasteiger charge is 2.34. The SMILES string of the molecule is Cc1csc([C@H]2CCCN2C(=O)c2cc(-c3nnc([C@@](C)(N)Cc4ccccc4)o3)cc(-c3nc(C)c(C)s3)c2)n1. The molecule has 2 aromatic carbocycles. The predicted octanol–water partition coefficient (Wildman–Crippen LogP) is 6.64. The molecule has 0 bridgehead atoms. The lowest BCUT2D eigenvalue weighted by Gasteiger charge is -2.23. The molecule has 41 heavy (non-hydrogen) atoms. The molecule has 0 aliphatic carbocycles. The van der Waals surface area contributed by atoms with Crippen LogP contribution in [0.5, 0.6) is 0 Å². The van der Waals surface area contributed by atoms with Gasteiger partial charge in [-0.25, -0.2) is 9.97 Å². The average molecular weight is 585 g/mol. The second-order valence-electron chi connectivity index (χ2n) is 10.9. The fourth-order valence-electron chi connectivity index (χ4n) is 5.22. The summed E-state index contributed by atoms with van der Waals surface area (Å²) in [5.41, 5.74) is 10.9. The van der Waals surface area contributed by atoms with E-state index in [1.807, 2.05) is 79.6 Å². The van der Waals surface area contributed by atoms with Crippen LogP contribution in [0.1, 0.15) is 68.9 Å². The van der Waals surface area contributed by atoms with Crippen LogP contribution in [-0.2, 0) is 12.0 Å². The Morgan fingerprint density at radius 2 is 1.88 bits per heavy atom. The number of rotatable bonds is 7. The summed E-state index contributed by atoms with van der Waals surface area (Å²) in [6.45, 7) is 8.61. The van der Waals surface area contributed by atoms with Crippen LogP contribution in [-0.4, -0.2) is 37.5 Å². The topological polar surface area (TPSA) is 111 Å². The van der Waals surface area contributed by atoms with Crippen molar-refractivity contribution < 1.29 is 9.21 Å². The van der Waals surface area contributed by atoms with Gasteiger partial charge in [0.15, 0.2) is 0 Å². The van der Waals surface area contributed by atoms with Gasteiger partial charge in [0.05, 0.1) is 17.3 Å². The van der Waals surface area contributed by atoms with Crippen molar-refractivity contribution in [3.8, 4) is 22.0 Å². The Balaban J connectivity index is 1.37. The fourth-order valence-corrected chi connectivity index (χ4v) is 7.06. The molecule has 1 aliphatic heterocycles. The van der Waals surface area contributed by atoms with E-state index in [1.165, 1.54) is 0 Å². The molecule has 1 fully saturated rings. The number of likely N-dealkylation sites (tertiary alicyclic amines) is 1. The summed E-state index contributed by atoms with van der Waals surface area (Å²) in [5.74, 6) is 0.620. The van der Waals surface area contributed by atoms with Gasteiger partial charge < -0.3 is 15.1 Å². The monoisotopic (exact) mass is 584 g/mol. The lowest BCUT2D eigenvalue weighted by molar-refractivity contribution is 0.0735. The van der Waals surface area contributed by atoms with Crippen molar-refractivity contribution in [1.29, 1.82) is 0 Å². The molecular formula is C31H32N6O2S2. The second-order valence-corrected chi connectivity index (χ2v) is 13.0. The summed E-state index contributed by atoms with van der Waals surface area (Å²) in [4.78, 5) is 26.6. The zero-order valence-electron chi connectivity index (χ0n) is 23.5. The molecule has 210 valence electrons. The predicted molar refractivity (Wildman–Crippen MR) is 162 cm³/mol. The molecule has 3 aromatic heterocycles. The lowest BCUT2D eigenvalue weighted by atomic mass is 9.94. The zero-order chi connectivity index (χ0) is 28.7. The van der Waals surface area contributed by atoms with E-state index < -0.39 is 5.54 Å². The first kappa shape index (κ1) is 27.4. The van der Waals surface area contributed by atoms with E-state index in [1.54, 1.807) is 22.7 Å². The summed E-state index contributed by atoms with van der Waals surface area (Å²) in [6.07, 6.45) is 2.39. The number of carbonyl (C=O) groups excluding carboxylic acids is 1. The van der Waals surface area contributed by atoms with Gasteiger partial charge in [-0.05, 0) is 70.7 Å². The third-order valence-corrected chi connectivity index (χ3v) is 9.65. The molecule has 0 saturated carbocycles. The molecule has 2 atom stereocenters. The molecule has 2 N–H and O–H groups in total. The molecule has 10 heteroatoms. The third kappa shape index (κ3) is 5.59. The molecule has 6 rings (SSSR count). The maximum absolute atomic E-state index is 14.0. The van der Waals surface area contributed by atoms with Crippen molar-refractivity contribution >= 4 is 28.6 Å². The van der Waals surface area contributed by atoms with Crippen LogP contribution in [0, 0.1) is 20.8 Å². The number of thiazole rings is 2. The van der Waals surface area contributed by atoms with Crippen molar-refractivity contribution in [2.45, 2.75) is 58.5 Å².